The van der Waals surface area contributed by atoms with Crippen LogP contribution in [0.5, 0.6) is 0 Å². The van der Waals surface area contributed by atoms with Gasteiger partial charge >= 0.3 is 12.1 Å². The number of rotatable bonds is 15. The van der Waals surface area contributed by atoms with E-state index in [2.05, 4.69) is 10.6 Å². The van der Waals surface area contributed by atoms with Crippen LogP contribution in [0.15, 0.2) is 0 Å². The van der Waals surface area contributed by atoms with Crippen molar-refractivity contribution in [2.75, 3.05) is 32.1 Å². The summed E-state index contributed by atoms with van der Waals surface area (Å²) in [6, 6.07) is 0. The Morgan fingerprint density at radius 2 is 1.76 bits per heavy atom. The summed E-state index contributed by atoms with van der Waals surface area (Å²) in [6.07, 6.45) is 1.02. The first kappa shape index (κ1) is 27.1. The van der Waals surface area contributed by atoms with Crippen molar-refractivity contribution in [3.05, 3.63) is 0 Å². The molecule has 0 saturated carbocycles. The van der Waals surface area contributed by atoms with Crippen molar-refractivity contribution in [3.8, 4) is 0 Å². The number of carboxylic acid groups (broad SMARTS) is 1. The molecule has 10 nitrogen and oxygen atoms in total. The van der Waals surface area contributed by atoms with E-state index in [4.69, 9.17) is 14.0 Å². The van der Waals surface area contributed by atoms with Crippen molar-refractivity contribution >= 4 is 28.1 Å². The maximum absolute atomic E-state index is 11.9. The highest BCUT2D eigenvalue weighted by Crippen LogP contribution is 2.21. The van der Waals surface area contributed by atoms with Crippen LogP contribution < -0.4 is 10.6 Å². The van der Waals surface area contributed by atoms with Crippen LogP contribution in [-0.4, -0.2) is 63.6 Å². The Kier molecular flexibility index (Phi) is 12.5. The third kappa shape index (κ3) is 15.7. The third-order valence-corrected chi connectivity index (χ3v) is 5.35. The van der Waals surface area contributed by atoms with Gasteiger partial charge in [-0.25, -0.2) is 4.79 Å². The smallest absolute Gasteiger partial charge is 0.407 e. The number of hydrogen-bond donors (Lipinski definition) is 3. The minimum absolute atomic E-state index is 0.0285. The summed E-state index contributed by atoms with van der Waals surface area (Å²) in [5.41, 5.74) is -0.491. The molecule has 11 heteroatoms. The van der Waals surface area contributed by atoms with Gasteiger partial charge in [0.05, 0.1) is 24.9 Å². The van der Waals surface area contributed by atoms with Gasteiger partial charge in [0.2, 0.25) is 5.91 Å². The van der Waals surface area contributed by atoms with Gasteiger partial charge in [-0.2, -0.15) is 8.42 Å². The van der Waals surface area contributed by atoms with Gasteiger partial charge < -0.3 is 20.5 Å². The molecule has 0 aromatic carbocycles. The fourth-order valence-corrected chi connectivity index (χ4v) is 3.24. The molecule has 29 heavy (non-hydrogen) atoms. The van der Waals surface area contributed by atoms with Crippen LogP contribution in [0.3, 0.4) is 0 Å². The van der Waals surface area contributed by atoms with Crippen LogP contribution in [0.4, 0.5) is 4.79 Å². The minimum Gasteiger partial charge on any atom is -0.481 e. The lowest BCUT2D eigenvalue weighted by Crippen LogP contribution is -2.31. The lowest BCUT2D eigenvalue weighted by Gasteiger charge is -2.24. The van der Waals surface area contributed by atoms with Gasteiger partial charge in [0, 0.05) is 20.0 Å². The standard InChI is InChI=1S/C18H34N2O8S/c1-14(16(22)23)7-5-11-27-17(24)20-10-8-18(3,4)13-28-29(25,26)12-6-9-19-15(2)21/h14H,5-13H2,1-4H3,(H,19,21)(H,20,24)(H,22,23). The lowest BCUT2D eigenvalue weighted by molar-refractivity contribution is -0.141. The summed E-state index contributed by atoms with van der Waals surface area (Å²) in [5, 5.41) is 13.9. The molecule has 1 atom stereocenters. The third-order valence-electron chi connectivity index (χ3n) is 4.08. The molecule has 1 unspecified atom stereocenters. The van der Waals surface area contributed by atoms with Crippen LogP contribution in [0, 0.1) is 11.3 Å². The van der Waals surface area contributed by atoms with E-state index >= 15 is 0 Å². The first-order valence-electron chi connectivity index (χ1n) is 9.59. The molecule has 0 aliphatic heterocycles. The number of hydrogen-bond acceptors (Lipinski definition) is 7. The summed E-state index contributed by atoms with van der Waals surface area (Å²) >= 11 is 0. The molecule has 0 aromatic heterocycles. The van der Waals surface area contributed by atoms with Crippen molar-refractivity contribution in [1.82, 2.24) is 10.6 Å². The van der Waals surface area contributed by atoms with Crippen LogP contribution in [0.2, 0.25) is 0 Å². The summed E-state index contributed by atoms with van der Waals surface area (Å²) in [6.45, 7) is 7.24. The topological polar surface area (TPSA) is 148 Å². The van der Waals surface area contributed by atoms with Crippen molar-refractivity contribution in [2.45, 2.75) is 53.4 Å². The molecular weight excluding hydrogens is 404 g/mol. The number of aliphatic carboxylic acids is 1. The van der Waals surface area contributed by atoms with Gasteiger partial charge in [0.15, 0.2) is 0 Å². The van der Waals surface area contributed by atoms with Crippen LogP contribution in [0.1, 0.15) is 53.4 Å². The molecule has 0 heterocycles. The molecule has 0 spiro atoms. The van der Waals surface area contributed by atoms with Crippen molar-refractivity contribution in [2.24, 2.45) is 11.3 Å². The summed E-state index contributed by atoms with van der Waals surface area (Å²) in [5.74, 6) is -1.77. The second-order valence-corrected chi connectivity index (χ2v) is 9.48. The molecule has 0 aliphatic carbocycles. The number of carboxylic acids is 1. The van der Waals surface area contributed by atoms with Crippen molar-refractivity contribution in [3.63, 3.8) is 0 Å². The summed E-state index contributed by atoms with van der Waals surface area (Å²) < 4.78 is 33.8. The minimum atomic E-state index is -3.69. The Labute approximate surface area is 172 Å². The monoisotopic (exact) mass is 438 g/mol. The van der Waals surface area contributed by atoms with E-state index in [9.17, 15) is 22.8 Å². The van der Waals surface area contributed by atoms with Gasteiger partial charge in [-0.1, -0.05) is 20.8 Å². The molecule has 0 aromatic rings. The fourth-order valence-electron chi connectivity index (χ4n) is 2.13. The largest absolute Gasteiger partial charge is 0.481 e. The van der Waals surface area contributed by atoms with Crippen LogP contribution in [0.25, 0.3) is 0 Å². The molecule has 0 fully saturated rings. The zero-order chi connectivity index (χ0) is 22.5. The number of alkyl carbamates (subject to hydrolysis) is 1. The maximum Gasteiger partial charge on any atom is 0.407 e. The Balaban J connectivity index is 4.00. The van der Waals surface area contributed by atoms with E-state index in [0.29, 0.717) is 19.3 Å². The Bertz CT molecular complexity index is 634. The lowest BCUT2D eigenvalue weighted by atomic mass is 9.91. The highest BCUT2D eigenvalue weighted by molar-refractivity contribution is 7.86. The maximum atomic E-state index is 11.9. The predicted molar refractivity (Wildman–Crippen MR) is 107 cm³/mol. The number of amides is 2. The molecule has 0 aliphatic rings. The van der Waals surface area contributed by atoms with Gasteiger partial charge in [0.1, 0.15) is 0 Å². The summed E-state index contributed by atoms with van der Waals surface area (Å²) in [7, 11) is -3.69. The molecule has 0 saturated heterocycles. The number of ether oxygens (including phenoxy) is 1. The first-order chi connectivity index (χ1) is 13.3. The first-order valence-corrected chi connectivity index (χ1v) is 11.2. The number of carbonyl (C=O) groups excluding carboxylic acids is 2. The zero-order valence-electron chi connectivity index (χ0n) is 17.7. The normalized spacial score (nSPS) is 12.8. The van der Waals surface area contributed by atoms with Crippen molar-refractivity contribution in [1.29, 1.82) is 0 Å². The summed E-state index contributed by atoms with van der Waals surface area (Å²) in [4.78, 5) is 33.0. The van der Waals surface area contributed by atoms with E-state index in [-0.39, 0.29) is 44.4 Å². The highest BCUT2D eigenvalue weighted by atomic mass is 32.2. The Morgan fingerprint density at radius 1 is 1.10 bits per heavy atom. The second-order valence-electron chi connectivity index (χ2n) is 7.72. The van der Waals surface area contributed by atoms with E-state index < -0.39 is 33.5 Å². The Hall–Kier alpha value is -1.88. The molecular formula is C18H34N2O8S. The average molecular weight is 439 g/mol. The van der Waals surface area contributed by atoms with Gasteiger partial charge in [0.25, 0.3) is 10.1 Å². The zero-order valence-corrected chi connectivity index (χ0v) is 18.5. The second kappa shape index (κ2) is 13.4. The molecule has 170 valence electrons. The quantitative estimate of drug-likeness (QED) is 0.257. The SMILES string of the molecule is CC(=O)NCCCS(=O)(=O)OCC(C)(C)CCNC(=O)OCCCC(C)C(=O)O. The van der Waals surface area contributed by atoms with Crippen LogP contribution >= 0.6 is 0 Å². The van der Waals surface area contributed by atoms with E-state index in [1.807, 2.05) is 13.8 Å². The highest BCUT2D eigenvalue weighted by Gasteiger charge is 2.22. The van der Waals surface area contributed by atoms with Crippen molar-refractivity contribution < 1.29 is 36.8 Å². The van der Waals surface area contributed by atoms with Gasteiger partial charge in [-0.05, 0) is 31.1 Å². The molecule has 0 radical (unpaired) electrons. The molecule has 3 N–H and O–H groups in total. The number of carbonyl (C=O) groups is 3. The van der Waals surface area contributed by atoms with E-state index in [0.717, 1.165) is 0 Å². The molecule has 0 rings (SSSR count). The Morgan fingerprint density at radius 3 is 2.34 bits per heavy atom. The van der Waals surface area contributed by atoms with Gasteiger partial charge in [-0.3, -0.25) is 13.8 Å². The van der Waals surface area contributed by atoms with E-state index in [1.165, 1.54) is 6.92 Å². The van der Waals surface area contributed by atoms with Crippen LogP contribution in [-0.2, 0) is 28.6 Å². The predicted octanol–water partition coefficient (Wildman–Crippen LogP) is 1.50. The molecule has 2 amide bonds. The van der Waals surface area contributed by atoms with E-state index in [1.54, 1.807) is 6.92 Å². The average Bonchev–Trinajstić information content (AvgIpc) is 2.60. The number of nitrogens with one attached hydrogen (secondary N) is 2. The van der Waals surface area contributed by atoms with Gasteiger partial charge in [-0.15, -0.1) is 0 Å². The molecule has 0 bridgehead atoms. The fraction of sp³-hybridized carbons (Fsp3) is 0.833.